The van der Waals surface area contributed by atoms with Crippen LogP contribution in [0.15, 0.2) is 24.3 Å². The number of carboxylic acid groups (broad SMARTS) is 1. The predicted octanol–water partition coefficient (Wildman–Crippen LogP) is 9.24. The van der Waals surface area contributed by atoms with Crippen molar-refractivity contribution in [3.05, 3.63) is 24.3 Å². The molecule has 3 heteroatoms. The van der Waals surface area contributed by atoms with E-state index < -0.39 is 5.97 Å². The lowest BCUT2D eigenvalue weighted by Gasteiger charge is -2.12. The number of rotatable bonds is 22. The molecule has 1 atom stereocenters. The van der Waals surface area contributed by atoms with Crippen LogP contribution in [-0.2, 0) is 4.79 Å². The zero-order valence-corrected chi connectivity index (χ0v) is 20.6. The largest absolute Gasteiger partial charge is 0.481 e. The fourth-order valence-electron chi connectivity index (χ4n) is 3.61. The Morgan fingerprint density at radius 3 is 1.72 bits per heavy atom. The topological polar surface area (TPSA) is 37.3 Å². The smallest absolute Gasteiger partial charge is 0.306 e. The molecule has 0 saturated carbocycles. The second-order valence-corrected chi connectivity index (χ2v) is 9.09. The fourth-order valence-corrected chi connectivity index (χ4v) is 4.01. The summed E-state index contributed by atoms with van der Waals surface area (Å²) in [6, 6.07) is 0. The van der Waals surface area contributed by atoms with Gasteiger partial charge < -0.3 is 5.11 Å². The van der Waals surface area contributed by atoms with Gasteiger partial charge in [-0.3, -0.25) is 4.79 Å². The molecule has 0 aromatic carbocycles. The normalized spacial score (nSPS) is 12.9. The van der Waals surface area contributed by atoms with E-state index in [1.807, 2.05) is 0 Å². The Balaban J connectivity index is 3.47. The molecule has 0 radical (unpaired) electrons. The van der Waals surface area contributed by atoms with Gasteiger partial charge >= 0.3 is 5.97 Å². The van der Waals surface area contributed by atoms with Crippen molar-refractivity contribution in [3.8, 4) is 0 Å². The Labute approximate surface area is 189 Å². The number of aliphatic carboxylic acids is 1. The van der Waals surface area contributed by atoms with Crippen LogP contribution in [-0.4, -0.2) is 16.4 Å². The van der Waals surface area contributed by atoms with E-state index in [2.05, 4.69) is 47.2 Å². The second kappa shape index (κ2) is 23.7. The minimum Gasteiger partial charge on any atom is -0.481 e. The van der Waals surface area contributed by atoms with E-state index in [0.29, 0.717) is 0 Å². The Bertz CT molecular complexity index is 404. The predicted molar refractivity (Wildman–Crippen MR) is 132 cm³/mol. The molecule has 0 amide bonds. The Kier molecular flexibility index (Phi) is 23.2. The Morgan fingerprint density at radius 2 is 1.21 bits per heavy atom. The summed E-state index contributed by atoms with van der Waals surface area (Å²) in [6.45, 7) is 2.25. The zero-order chi connectivity index (χ0) is 21.4. The summed E-state index contributed by atoms with van der Waals surface area (Å²) in [5, 5.41) is 10.4. The van der Waals surface area contributed by atoms with Crippen LogP contribution in [0.2, 0.25) is 0 Å². The number of carboxylic acids is 1. The first-order valence-electron chi connectivity index (χ1n) is 12.3. The van der Waals surface area contributed by atoms with Crippen LogP contribution in [0.25, 0.3) is 0 Å². The van der Waals surface area contributed by atoms with E-state index in [1.165, 1.54) is 83.5 Å². The molecule has 1 N–H and O–H groups in total. The fraction of sp³-hybridized carbons (Fsp3) is 0.808. The summed E-state index contributed by atoms with van der Waals surface area (Å²) in [7, 11) is 0. The summed E-state index contributed by atoms with van der Waals surface area (Å²) >= 11 is 3.44. The van der Waals surface area contributed by atoms with Gasteiger partial charge in [0.25, 0.3) is 0 Å². The van der Waals surface area contributed by atoms with Crippen LogP contribution in [0.4, 0.5) is 0 Å². The highest BCUT2D eigenvalue weighted by Gasteiger charge is 2.16. The van der Waals surface area contributed by atoms with Crippen LogP contribution in [0, 0.1) is 5.92 Å². The van der Waals surface area contributed by atoms with Crippen molar-refractivity contribution in [3.63, 3.8) is 0 Å². The second-order valence-electron chi connectivity index (χ2n) is 8.30. The van der Waals surface area contributed by atoms with Crippen LogP contribution in [0.1, 0.15) is 122 Å². The third-order valence-corrected chi connectivity index (χ3v) is 6.10. The lowest BCUT2D eigenvalue weighted by molar-refractivity contribution is -0.142. The molecular weight excluding hydrogens is 424 g/mol. The quantitative estimate of drug-likeness (QED) is 0.0970. The van der Waals surface area contributed by atoms with Crippen LogP contribution in [0.3, 0.4) is 0 Å². The zero-order valence-electron chi connectivity index (χ0n) is 19.1. The van der Waals surface area contributed by atoms with E-state index in [4.69, 9.17) is 0 Å². The van der Waals surface area contributed by atoms with Crippen molar-refractivity contribution in [1.82, 2.24) is 0 Å². The van der Waals surface area contributed by atoms with E-state index in [-0.39, 0.29) is 5.92 Å². The summed E-state index contributed by atoms with van der Waals surface area (Å²) in [6.07, 6.45) is 30.4. The first kappa shape index (κ1) is 28.4. The molecule has 170 valence electrons. The molecule has 0 saturated heterocycles. The SMILES string of the molecule is CCCCC/C=C\C/C=C\CCCCCCCCC(CCCCCCBr)C(=O)O. The van der Waals surface area contributed by atoms with Crippen molar-refractivity contribution in [2.75, 3.05) is 5.33 Å². The van der Waals surface area contributed by atoms with Crippen molar-refractivity contribution >= 4 is 21.9 Å². The molecule has 0 rings (SSSR count). The van der Waals surface area contributed by atoms with Crippen LogP contribution < -0.4 is 0 Å². The number of carbonyl (C=O) groups is 1. The van der Waals surface area contributed by atoms with E-state index in [1.54, 1.807) is 0 Å². The summed E-state index contributed by atoms with van der Waals surface area (Å²) in [5.74, 6) is -0.710. The summed E-state index contributed by atoms with van der Waals surface area (Å²) < 4.78 is 0. The molecule has 0 bridgehead atoms. The third-order valence-electron chi connectivity index (χ3n) is 5.54. The molecule has 0 aliphatic rings. The molecule has 0 spiro atoms. The molecule has 0 fully saturated rings. The van der Waals surface area contributed by atoms with Crippen molar-refractivity contribution in [2.24, 2.45) is 5.92 Å². The first-order valence-corrected chi connectivity index (χ1v) is 13.4. The van der Waals surface area contributed by atoms with E-state index in [0.717, 1.165) is 37.4 Å². The summed E-state index contributed by atoms with van der Waals surface area (Å²) in [5.41, 5.74) is 0. The Morgan fingerprint density at radius 1 is 0.724 bits per heavy atom. The molecule has 0 aliphatic heterocycles. The molecule has 0 aliphatic carbocycles. The molecule has 0 aromatic rings. The monoisotopic (exact) mass is 470 g/mol. The van der Waals surface area contributed by atoms with Gasteiger partial charge in [0.15, 0.2) is 0 Å². The average molecular weight is 472 g/mol. The minimum atomic E-state index is -0.590. The van der Waals surface area contributed by atoms with E-state index in [9.17, 15) is 9.90 Å². The molecule has 0 aromatic heterocycles. The van der Waals surface area contributed by atoms with Gasteiger partial charge in [-0.05, 0) is 51.4 Å². The van der Waals surface area contributed by atoms with Gasteiger partial charge in [-0.2, -0.15) is 0 Å². The lowest BCUT2D eigenvalue weighted by atomic mass is 9.94. The lowest BCUT2D eigenvalue weighted by Crippen LogP contribution is -2.13. The minimum absolute atomic E-state index is 0.121. The molecule has 29 heavy (non-hydrogen) atoms. The van der Waals surface area contributed by atoms with Gasteiger partial charge in [-0.15, -0.1) is 0 Å². The van der Waals surface area contributed by atoms with Gasteiger partial charge in [0.2, 0.25) is 0 Å². The van der Waals surface area contributed by atoms with Crippen molar-refractivity contribution < 1.29 is 9.90 Å². The van der Waals surface area contributed by atoms with Crippen LogP contribution >= 0.6 is 15.9 Å². The maximum Gasteiger partial charge on any atom is 0.306 e. The maximum atomic E-state index is 11.4. The van der Waals surface area contributed by atoms with Crippen molar-refractivity contribution in [2.45, 2.75) is 122 Å². The van der Waals surface area contributed by atoms with E-state index >= 15 is 0 Å². The number of hydrogen-bond acceptors (Lipinski definition) is 1. The number of unbranched alkanes of at least 4 members (excludes halogenated alkanes) is 12. The van der Waals surface area contributed by atoms with Crippen LogP contribution in [0.5, 0.6) is 0 Å². The third kappa shape index (κ3) is 21.9. The molecular formula is C26H47BrO2. The van der Waals surface area contributed by atoms with Gasteiger partial charge in [-0.1, -0.05) is 111 Å². The summed E-state index contributed by atoms with van der Waals surface area (Å²) in [4.78, 5) is 11.4. The molecule has 2 nitrogen and oxygen atoms in total. The van der Waals surface area contributed by atoms with Gasteiger partial charge in [0.1, 0.15) is 0 Å². The number of allylic oxidation sites excluding steroid dienone is 4. The standard InChI is InChI=1S/C26H47BrO2/c1-2-3-4-5-6-7-8-9-10-11-12-13-14-15-16-19-22-25(26(28)29)23-20-17-18-21-24-27/h6-7,9-10,25H,2-5,8,11-24H2,1H3,(H,28,29)/b7-6-,10-9-. The maximum absolute atomic E-state index is 11.4. The Hall–Kier alpha value is -0.570. The van der Waals surface area contributed by atoms with Gasteiger partial charge in [0.05, 0.1) is 5.92 Å². The first-order chi connectivity index (χ1) is 14.2. The highest BCUT2D eigenvalue weighted by Crippen LogP contribution is 2.19. The van der Waals surface area contributed by atoms with Crippen molar-refractivity contribution in [1.29, 1.82) is 0 Å². The van der Waals surface area contributed by atoms with Gasteiger partial charge in [0, 0.05) is 5.33 Å². The highest BCUT2D eigenvalue weighted by atomic mass is 79.9. The number of hydrogen-bond donors (Lipinski definition) is 1. The molecule has 0 heterocycles. The molecule has 1 unspecified atom stereocenters. The number of halogens is 1. The average Bonchev–Trinajstić information content (AvgIpc) is 2.71. The number of alkyl halides is 1. The van der Waals surface area contributed by atoms with Gasteiger partial charge in [-0.25, -0.2) is 0 Å². The highest BCUT2D eigenvalue weighted by molar-refractivity contribution is 9.09.